The molecule has 1 heterocycles. The van der Waals surface area contributed by atoms with Crippen LogP contribution in [0.5, 0.6) is 0 Å². The fourth-order valence-electron chi connectivity index (χ4n) is 1.31. The molecule has 4 heteroatoms. The van der Waals surface area contributed by atoms with Crippen molar-refractivity contribution in [2.75, 3.05) is 5.32 Å². The number of anilines is 1. The zero-order chi connectivity index (χ0) is 12.1. The first kappa shape index (κ1) is 11.0. The van der Waals surface area contributed by atoms with Crippen molar-refractivity contribution in [1.29, 1.82) is 0 Å². The van der Waals surface area contributed by atoms with Crippen LogP contribution in [-0.4, -0.2) is 15.9 Å². The highest BCUT2D eigenvalue weighted by Gasteiger charge is 2.06. The topological polar surface area (TPSA) is 54.9 Å². The van der Waals surface area contributed by atoms with Crippen LogP contribution in [0.3, 0.4) is 0 Å². The molecule has 0 fully saturated rings. The van der Waals surface area contributed by atoms with E-state index in [1.54, 1.807) is 36.7 Å². The molecule has 1 N–H and O–H groups in total. The number of amides is 1. The third-order valence-electron chi connectivity index (χ3n) is 2.20. The number of nitrogens with zero attached hydrogens (tertiary/aromatic N) is 2. The van der Waals surface area contributed by atoms with Gasteiger partial charge in [-0.25, -0.2) is 9.97 Å². The summed E-state index contributed by atoms with van der Waals surface area (Å²) in [5, 5.41) is 2.61. The SMILES string of the molecule is C=Cc1ccc(C(=O)Nc2ncccn2)cc1. The van der Waals surface area contributed by atoms with Gasteiger partial charge in [0.25, 0.3) is 5.91 Å². The molecular weight excluding hydrogens is 214 g/mol. The highest BCUT2D eigenvalue weighted by atomic mass is 16.1. The lowest BCUT2D eigenvalue weighted by atomic mass is 10.1. The standard InChI is InChI=1S/C13H11N3O/c1-2-10-4-6-11(7-5-10)12(17)16-13-14-8-3-9-15-13/h2-9H,1H2,(H,14,15,16,17). The normalized spacial score (nSPS) is 9.65. The van der Waals surface area contributed by atoms with Crippen LogP contribution in [0.1, 0.15) is 15.9 Å². The Kier molecular flexibility index (Phi) is 3.25. The van der Waals surface area contributed by atoms with Crippen LogP contribution < -0.4 is 5.32 Å². The number of carbonyl (C=O) groups is 1. The largest absolute Gasteiger partial charge is 0.290 e. The Balaban J connectivity index is 2.12. The Labute approximate surface area is 99.0 Å². The summed E-state index contributed by atoms with van der Waals surface area (Å²) < 4.78 is 0. The molecule has 0 spiro atoms. The summed E-state index contributed by atoms with van der Waals surface area (Å²) in [5.74, 6) is 0.0668. The van der Waals surface area contributed by atoms with E-state index in [0.717, 1.165) is 5.56 Å². The van der Waals surface area contributed by atoms with Gasteiger partial charge in [0.15, 0.2) is 0 Å². The summed E-state index contributed by atoms with van der Waals surface area (Å²) in [6, 6.07) is 8.81. The number of carbonyl (C=O) groups excluding carboxylic acids is 1. The van der Waals surface area contributed by atoms with Gasteiger partial charge in [-0.05, 0) is 23.8 Å². The second kappa shape index (κ2) is 5.03. The second-order valence-electron chi connectivity index (χ2n) is 3.35. The number of rotatable bonds is 3. The number of benzene rings is 1. The van der Waals surface area contributed by atoms with Crippen molar-refractivity contribution in [3.63, 3.8) is 0 Å². The predicted molar refractivity (Wildman–Crippen MR) is 66.5 cm³/mol. The maximum absolute atomic E-state index is 11.8. The zero-order valence-corrected chi connectivity index (χ0v) is 9.13. The van der Waals surface area contributed by atoms with E-state index in [2.05, 4.69) is 21.9 Å². The van der Waals surface area contributed by atoms with Crippen molar-refractivity contribution < 1.29 is 4.79 Å². The molecule has 0 atom stereocenters. The first-order chi connectivity index (χ1) is 8.29. The summed E-state index contributed by atoms with van der Waals surface area (Å²) in [4.78, 5) is 19.6. The maximum atomic E-state index is 11.8. The van der Waals surface area contributed by atoms with Gasteiger partial charge in [0, 0.05) is 18.0 Å². The molecule has 1 aromatic carbocycles. The highest BCUT2D eigenvalue weighted by Crippen LogP contribution is 2.07. The zero-order valence-electron chi connectivity index (χ0n) is 9.13. The van der Waals surface area contributed by atoms with Crippen molar-refractivity contribution in [3.8, 4) is 0 Å². The van der Waals surface area contributed by atoms with Gasteiger partial charge < -0.3 is 0 Å². The van der Waals surface area contributed by atoms with Crippen molar-refractivity contribution in [3.05, 3.63) is 60.4 Å². The average molecular weight is 225 g/mol. The molecule has 0 saturated heterocycles. The van der Waals surface area contributed by atoms with E-state index in [9.17, 15) is 4.79 Å². The van der Waals surface area contributed by atoms with Gasteiger partial charge in [0.1, 0.15) is 0 Å². The van der Waals surface area contributed by atoms with Gasteiger partial charge in [-0.15, -0.1) is 0 Å². The average Bonchev–Trinajstić information content (AvgIpc) is 2.40. The molecular formula is C13H11N3O. The van der Waals surface area contributed by atoms with Crippen LogP contribution in [0.2, 0.25) is 0 Å². The molecule has 1 amide bonds. The Hall–Kier alpha value is -2.49. The Morgan fingerprint density at radius 3 is 2.41 bits per heavy atom. The fraction of sp³-hybridized carbons (Fsp3) is 0. The Bertz CT molecular complexity index is 520. The number of hydrogen-bond donors (Lipinski definition) is 1. The molecule has 2 aromatic rings. The van der Waals surface area contributed by atoms with Crippen molar-refractivity contribution in [2.24, 2.45) is 0 Å². The van der Waals surface area contributed by atoms with E-state index < -0.39 is 0 Å². The van der Waals surface area contributed by atoms with Crippen molar-refractivity contribution >= 4 is 17.9 Å². The van der Waals surface area contributed by atoms with Crippen LogP contribution in [-0.2, 0) is 0 Å². The first-order valence-corrected chi connectivity index (χ1v) is 5.10. The molecule has 1 aromatic heterocycles. The molecule has 4 nitrogen and oxygen atoms in total. The van der Waals surface area contributed by atoms with Gasteiger partial charge in [-0.2, -0.15) is 0 Å². The van der Waals surface area contributed by atoms with E-state index in [1.807, 2.05) is 12.1 Å². The lowest BCUT2D eigenvalue weighted by Gasteiger charge is -2.03. The molecule has 0 radical (unpaired) electrons. The lowest BCUT2D eigenvalue weighted by Crippen LogP contribution is -2.13. The number of nitrogens with one attached hydrogen (secondary N) is 1. The van der Waals surface area contributed by atoms with E-state index in [1.165, 1.54) is 0 Å². The number of hydrogen-bond acceptors (Lipinski definition) is 3. The Morgan fingerprint density at radius 2 is 1.82 bits per heavy atom. The predicted octanol–water partition coefficient (Wildman–Crippen LogP) is 2.37. The van der Waals surface area contributed by atoms with Crippen LogP contribution >= 0.6 is 0 Å². The summed E-state index contributed by atoms with van der Waals surface area (Å²) in [6.45, 7) is 3.65. The smallest absolute Gasteiger partial charge is 0.258 e. The fourth-order valence-corrected chi connectivity index (χ4v) is 1.31. The molecule has 0 bridgehead atoms. The van der Waals surface area contributed by atoms with Crippen LogP contribution in [0.4, 0.5) is 5.95 Å². The molecule has 0 saturated carbocycles. The monoisotopic (exact) mass is 225 g/mol. The van der Waals surface area contributed by atoms with Gasteiger partial charge in [0.2, 0.25) is 5.95 Å². The lowest BCUT2D eigenvalue weighted by molar-refractivity contribution is 0.102. The third-order valence-corrected chi connectivity index (χ3v) is 2.20. The Morgan fingerprint density at radius 1 is 1.18 bits per heavy atom. The summed E-state index contributed by atoms with van der Waals surface area (Å²) in [5.41, 5.74) is 1.53. The van der Waals surface area contributed by atoms with Crippen molar-refractivity contribution in [1.82, 2.24) is 9.97 Å². The molecule has 0 aliphatic heterocycles. The molecule has 0 aliphatic carbocycles. The van der Waals surface area contributed by atoms with Crippen molar-refractivity contribution in [2.45, 2.75) is 0 Å². The van der Waals surface area contributed by atoms with Gasteiger partial charge in [-0.1, -0.05) is 24.8 Å². The maximum Gasteiger partial charge on any atom is 0.258 e. The van der Waals surface area contributed by atoms with Gasteiger partial charge >= 0.3 is 0 Å². The van der Waals surface area contributed by atoms with E-state index in [-0.39, 0.29) is 5.91 Å². The number of aromatic nitrogens is 2. The van der Waals surface area contributed by atoms with Crippen LogP contribution in [0, 0.1) is 0 Å². The minimum absolute atomic E-state index is 0.230. The van der Waals surface area contributed by atoms with E-state index >= 15 is 0 Å². The third kappa shape index (κ3) is 2.75. The second-order valence-corrected chi connectivity index (χ2v) is 3.35. The quantitative estimate of drug-likeness (QED) is 0.872. The first-order valence-electron chi connectivity index (χ1n) is 5.10. The highest BCUT2D eigenvalue weighted by molar-refractivity contribution is 6.03. The molecule has 0 unspecified atom stereocenters. The van der Waals surface area contributed by atoms with Gasteiger partial charge in [-0.3, -0.25) is 10.1 Å². The molecule has 2 rings (SSSR count). The molecule has 84 valence electrons. The minimum Gasteiger partial charge on any atom is -0.290 e. The molecule has 17 heavy (non-hydrogen) atoms. The van der Waals surface area contributed by atoms with E-state index in [4.69, 9.17) is 0 Å². The van der Waals surface area contributed by atoms with Gasteiger partial charge in [0.05, 0.1) is 0 Å². The van der Waals surface area contributed by atoms with Crippen LogP contribution in [0.25, 0.3) is 6.08 Å². The summed E-state index contributed by atoms with van der Waals surface area (Å²) >= 11 is 0. The molecule has 0 aliphatic rings. The summed E-state index contributed by atoms with van der Waals surface area (Å²) in [7, 11) is 0. The van der Waals surface area contributed by atoms with E-state index in [0.29, 0.717) is 11.5 Å². The van der Waals surface area contributed by atoms with Crippen LogP contribution in [0.15, 0.2) is 49.3 Å². The minimum atomic E-state index is -0.230. The summed E-state index contributed by atoms with van der Waals surface area (Å²) in [6.07, 6.45) is 4.87.